The quantitative estimate of drug-likeness (QED) is 0.826. The Bertz CT molecular complexity index is 582. The summed E-state index contributed by atoms with van der Waals surface area (Å²) in [4.78, 5) is 40.9. The molecule has 2 saturated heterocycles. The van der Waals surface area contributed by atoms with Crippen LogP contribution in [0.15, 0.2) is 0 Å². The van der Waals surface area contributed by atoms with Crippen molar-refractivity contribution < 1.29 is 19.5 Å². The lowest BCUT2D eigenvalue weighted by molar-refractivity contribution is -0.150. The van der Waals surface area contributed by atoms with Gasteiger partial charge in [0.05, 0.1) is 11.3 Å². The van der Waals surface area contributed by atoms with E-state index in [2.05, 4.69) is 0 Å². The van der Waals surface area contributed by atoms with Crippen molar-refractivity contribution in [1.82, 2.24) is 9.80 Å². The van der Waals surface area contributed by atoms with E-state index in [1.165, 1.54) is 0 Å². The van der Waals surface area contributed by atoms with Gasteiger partial charge in [-0.1, -0.05) is 27.2 Å². The molecule has 6 nitrogen and oxygen atoms in total. The summed E-state index contributed by atoms with van der Waals surface area (Å²) < 4.78 is 0. The van der Waals surface area contributed by atoms with E-state index in [9.17, 15) is 19.5 Å². The van der Waals surface area contributed by atoms with E-state index in [0.29, 0.717) is 32.6 Å². The number of likely N-dealkylation sites (tertiary alicyclic amines) is 2. The Morgan fingerprint density at radius 3 is 2.36 bits per heavy atom. The Kier molecular flexibility index (Phi) is 4.58. The number of carboxylic acids is 1. The number of hydrogen-bond acceptors (Lipinski definition) is 3. The maximum Gasteiger partial charge on any atom is 0.311 e. The monoisotopic (exact) mass is 350 g/mol. The minimum absolute atomic E-state index is 0.0430. The summed E-state index contributed by atoms with van der Waals surface area (Å²) in [5.41, 5.74) is -1.17. The van der Waals surface area contributed by atoms with Crippen molar-refractivity contribution in [1.29, 1.82) is 0 Å². The second-order valence-corrected chi connectivity index (χ2v) is 9.11. The van der Waals surface area contributed by atoms with Crippen LogP contribution in [0.2, 0.25) is 0 Å². The van der Waals surface area contributed by atoms with Gasteiger partial charge in [-0.05, 0) is 31.6 Å². The number of amides is 2. The fraction of sp³-hybridized carbons (Fsp3) is 0.842. The third-order valence-corrected chi connectivity index (χ3v) is 6.31. The lowest BCUT2D eigenvalue weighted by Crippen LogP contribution is -2.49. The first-order chi connectivity index (χ1) is 11.6. The zero-order chi connectivity index (χ0) is 18.4. The van der Waals surface area contributed by atoms with E-state index in [0.717, 1.165) is 25.7 Å². The van der Waals surface area contributed by atoms with E-state index < -0.39 is 16.8 Å². The fourth-order valence-electron chi connectivity index (χ4n) is 4.90. The summed E-state index contributed by atoms with van der Waals surface area (Å²) in [6.07, 6.45) is 4.13. The maximum absolute atomic E-state index is 13.0. The lowest BCUT2D eigenvalue weighted by Gasteiger charge is -2.37. The van der Waals surface area contributed by atoms with Crippen molar-refractivity contribution in [3.8, 4) is 0 Å². The molecule has 0 aromatic rings. The second-order valence-electron chi connectivity index (χ2n) is 9.11. The normalized spacial score (nSPS) is 32.6. The molecule has 1 unspecified atom stereocenters. The van der Waals surface area contributed by atoms with Gasteiger partial charge >= 0.3 is 5.97 Å². The SMILES string of the molecule is CC(C)(C)C(=O)N1CCCC(C(=O)N2C[C@@H]3CCC[C@@]3(C(=O)O)C2)C1. The number of hydrogen-bond donors (Lipinski definition) is 1. The first-order valence-corrected chi connectivity index (χ1v) is 9.47. The second kappa shape index (κ2) is 6.29. The molecule has 1 saturated carbocycles. The van der Waals surface area contributed by atoms with Crippen molar-refractivity contribution >= 4 is 17.8 Å². The largest absolute Gasteiger partial charge is 0.481 e. The molecule has 0 radical (unpaired) electrons. The molecule has 6 heteroatoms. The van der Waals surface area contributed by atoms with Crippen LogP contribution in [0.25, 0.3) is 0 Å². The Labute approximate surface area is 149 Å². The molecular weight excluding hydrogens is 320 g/mol. The fourth-order valence-corrected chi connectivity index (χ4v) is 4.90. The topological polar surface area (TPSA) is 77.9 Å². The lowest BCUT2D eigenvalue weighted by atomic mass is 9.81. The van der Waals surface area contributed by atoms with E-state index >= 15 is 0 Å². The minimum atomic E-state index is -0.751. The molecule has 1 aliphatic carbocycles. The van der Waals surface area contributed by atoms with E-state index in [4.69, 9.17) is 0 Å². The molecule has 3 rings (SSSR count). The number of carbonyl (C=O) groups excluding carboxylic acids is 2. The van der Waals surface area contributed by atoms with E-state index in [1.54, 1.807) is 4.90 Å². The van der Waals surface area contributed by atoms with Crippen molar-refractivity contribution in [3.05, 3.63) is 0 Å². The number of fused-ring (bicyclic) bond motifs is 1. The highest BCUT2D eigenvalue weighted by atomic mass is 16.4. The highest BCUT2D eigenvalue weighted by molar-refractivity contribution is 5.85. The molecule has 140 valence electrons. The minimum Gasteiger partial charge on any atom is -0.481 e. The summed E-state index contributed by atoms with van der Waals surface area (Å²) in [6.45, 7) is 7.79. The van der Waals surface area contributed by atoms with Crippen LogP contribution >= 0.6 is 0 Å². The third-order valence-electron chi connectivity index (χ3n) is 6.31. The molecule has 0 bridgehead atoms. The van der Waals surface area contributed by atoms with Crippen molar-refractivity contribution in [3.63, 3.8) is 0 Å². The standard InChI is InChI=1S/C19H30N2O4/c1-18(2,3)16(23)20-9-5-6-13(10-20)15(22)21-11-14-7-4-8-19(14,12-21)17(24)25/h13-14H,4-12H2,1-3H3,(H,24,25)/t13?,14-,19+/m0/s1. The molecule has 2 aliphatic heterocycles. The number of piperidine rings is 1. The van der Waals surface area contributed by atoms with Gasteiger partial charge in [-0.15, -0.1) is 0 Å². The van der Waals surface area contributed by atoms with Crippen molar-refractivity contribution in [2.24, 2.45) is 22.7 Å². The van der Waals surface area contributed by atoms with Gasteiger partial charge in [0, 0.05) is 31.6 Å². The van der Waals surface area contributed by atoms with E-state index in [1.807, 2.05) is 25.7 Å². The van der Waals surface area contributed by atoms with Crippen LogP contribution in [0, 0.1) is 22.7 Å². The number of aliphatic carboxylic acids is 1. The average molecular weight is 350 g/mol. The molecule has 2 heterocycles. The van der Waals surface area contributed by atoms with Gasteiger partial charge in [0.15, 0.2) is 0 Å². The van der Waals surface area contributed by atoms with Crippen LogP contribution in [0.5, 0.6) is 0 Å². The first kappa shape index (κ1) is 18.2. The number of nitrogens with zero attached hydrogens (tertiary/aromatic N) is 2. The molecule has 2 amide bonds. The molecule has 0 spiro atoms. The van der Waals surface area contributed by atoms with Crippen LogP contribution in [0.4, 0.5) is 0 Å². The molecule has 1 N–H and O–H groups in total. The molecule has 3 aliphatic rings. The Morgan fingerprint density at radius 2 is 1.76 bits per heavy atom. The summed E-state index contributed by atoms with van der Waals surface area (Å²) in [7, 11) is 0. The van der Waals surface area contributed by atoms with Crippen molar-refractivity contribution in [2.45, 2.75) is 52.9 Å². The Hall–Kier alpha value is -1.59. The van der Waals surface area contributed by atoms with Crippen LogP contribution in [0.3, 0.4) is 0 Å². The number of rotatable bonds is 2. The maximum atomic E-state index is 13.0. The zero-order valence-corrected chi connectivity index (χ0v) is 15.6. The highest BCUT2D eigenvalue weighted by Crippen LogP contribution is 2.49. The summed E-state index contributed by atoms with van der Waals surface area (Å²) in [6, 6.07) is 0. The van der Waals surface area contributed by atoms with Gasteiger partial charge in [0.1, 0.15) is 0 Å². The van der Waals surface area contributed by atoms with Gasteiger partial charge in [0.25, 0.3) is 0 Å². The number of carboxylic acid groups (broad SMARTS) is 1. The first-order valence-electron chi connectivity index (χ1n) is 9.47. The van der Waals surface area contributed by atoms with Crippen LogP contribution < -0.4 is 0 Å². The van der Waals surface area contributed by atoms with Gasteiger partial charge in [-0.2, -0.15) is 0 Å². The van der Waals surface area contributed by atoms with Gasteiger partial charge < -0.3 is 14.9 Å². The molecular formula is C19H30N2O4. The Morgan fingerprint density at radius 1 is 1.04 bits per heavy atom. The molecule has 3 fully saturated rings. The summed E-state index contributed by atoms with van der Waals surface area (Å²) >= 11 is 0. The van der Waals surface area contributed by atoms with Crippen LogP contribution in [0.1, 0.15) is 52.9 Å². The number of carbonyl (C=O) groups is 3. The highest BCUT2D eigenvalue weighted by Gasteiger charge is 2.56. The van der Waals surface area contributed by atoms with Crippen LogP contribution in [-0.4, -0.2) is 58.9 Å². The van der Waals surface area contributed by atoms with E-state index in [-0.39, 0.29) is 23.7 Å². The zero-order valence-electron chi connectivity index (χ0n) is 15.6. The smallest absolute Gasteiger partial charge is 0.311 e. The predicted molar refractivity (Wildman–Crippen MR) is 92.7 cm³/mol. The average Bonchev–Trinajstić information content (AvgIpc) is 3.11. The molecule has 3 atom stereocenters. The Balaban J connectivity index is 1.68. The van der Waals surface area contributed by atoms with Crippen LogP contribution in [-0.2, 0) is 14.4 Å². The molecule has 0 aromatic carbocycles. The molecule has 25 heavy (non-hydrogen) atoms. The summed E-state index contributed by atoms with van der Waals surface area (Å²) in [5.74, 6) is -0.722. The third kappa shape index (κ3) is 3.15. The van der Waals surface area contributed by atoms with Gasteiger partial charge in [0.2, 0.25) is 11.8 Å². The predicted octanol–water partition coefficient (Wildman–Crippen LogP) is 1.98. The van der Waals surface area contributed by atoms with Gasteiger partial charge in [-0.3, -0.25) is 14.4 Å². The summed E-state index contributed by atoms with van der Waals surface area (Å²) in [5, 5.41) is 9.70. The van der Waals surface area contributed by atoms with Gasteiger partial charge in [-0.25, -0.2) is 0 Å². The molecule has 0 aromatic heterocycles. The van der Waals surface area contributed by atoms with Crippen molar-refractivity contribution in [2.75, 3.05) is 26.2 Å².